The van der Waals surface area contributed by atoms with Gasteiger partial charge in [0.2, 0.25) is 11.8 Å². The average Bonchev–Trinajstić information content (AvgIpc) is 0.668. The molecule has 34 heteroatoms. The smallest absolute Gasteiger partial charge is 0.416 e. The maximum Gasteiger partial charge on any atom is 0.416 e. The number of benzene rings is 9. The van der Waals surface area contributed by atoms with Crippen LogP contribution in [0.3, 0.4) is 0 Å². The van der Waals surface area contributed by atoms with Gasteiger partial charge in [-0.25, -0.2) is 9.59 Å². The number of amides is 6. The highest BCUT2D eigenvalue weighted by atomic mass is 19.4. The van der Waals surface area contributed by atoms with E-state index in [9.17, 15) is 19.2 Å². The van der Waals surface area contributed by atoms with E-state index in [1.54, 1.807) is 0 Å². The number of esters is 4. The minimum absolute atomic E-state index is 0.0745. The van der Waals surface area contributed by atoms with Gasteiger partial charge in [-0.15, -0.1) is 0 Å². The molecule has 2 atom stereocenters. The van der Waals surface area contributed by atoms with Gasteiger partial charge >= 0.3 is 48.6 Å². The van der Waals surface area contributed by atoms with Crippen molar-refractivity contribution in [1.29, 1.82) is 0 Å². The number of alkyl halides is 12. The first-order valence-corrected chi connectivity index (χ1v) is 37.3. The van der Waals surface area contributed by atoms with Crippen molar-refractivity contribution in [2.45, 2.75) is 106 Å². The molecular weight excluding hydrogens is 1600 g/mol. The molecular formula is C86H76F12N4O18. The van der Waals surface area contributed by atoms with Crippen molar-refractivity contribution in [3.63, 3.8) is 0 Å². The number of carbonyl (C=O) groups excluding carboxylic acids is 10. The lowest BCUT2D eigenvalue weighted by atomic mass is 9.80. The minimum atomic E-state index is -5.16. The van der Waals surface area contributed by atoms with Gasteiger partial charge in [-0.2, -0.15) is 52.7 Å². The Morgan fingerprint density at radius 1 is 0.350 bits per heavy atom. The Kier molecular flexibility index (Phi) is 25.1. The second-order valence-corrected chi connectivity index (χ2v) is 29.7. The van der Waals surface area contributed by atoms with Crippen LogP contribution in [0.5, 0.6) is 46.0 Å². The van der Waals surface area contributed by atoms with E-state index in [0.717, 1.165) is 82.6 Å². The summed E-state index contributed by atoms with van der Waals surface area (Å²) in [5.74, 6) is -21.2. The largest absolute Gasteiger partial charge is 0.464 e. The highest BCUT2D eigenvalue weighted by Crippen LogP contribution is 2.59. The van der Waals surface area contributed by atoms with Gasteiger partial charge in [-0.05, 0) is 123 Å². The van der Waals surface area contributed by atoms with E-state index in [2.05, 4.69) is 13.2 Å². The molecule has 120 heavy (non-hydrogen) atoms. The van der Waals surface area contributed by atoms with Gasteiger partial charge in [0.1, 0.15) is 84.5 Å². The molecule has 9 aromatic carbocycles. The summed E-state index contributed by atoms with van der Waals surface area (Å²) < 4.78 is 228. The van der Waals surface area contributed by atoms with E-state index in [1.807, 2.05) is 0 Å². The predicted molar refractivity (Wildman–Crippen MR) is 408 cm³/mol. The fourth-order valence-electron chi connectivity index (χ4n) is 13.8. The number of hydrogen-bond donors (Lipinski definition) is 0. The van der Waals surface area contributed by atoms with Crippen LogP contribution in [-0.4, -0.2) is 144 Å². The number of halogens is 12. The van der Waals surface area contributed by atoms with Crippen molar-refractivity contribution in [1.82, 2.24) is 19.6 Å². The maximum absolute atomic E-state index is 16.5. The molecule has 0 saturated heterocycles. The second-order valence-electron chi connectivity index (χ2n) is 29.7. The van der Waals surface area contributed by atoms with E-state index in [0.29, 0.717) is 58.3 Å². The number of rotatable bonds is 30. The third-order valence-electron chi connectivity index (χ3n) is 19.5. The molecule has 2 unspecified atom stereocenters. The van der Waals surface area contributed by atoms with Gasteiger partial charge in [0.25, 0.3) is 23.6 Å². The van der Waals surface area contributed by atoms with Crippen LogP contribution in [0, 0.1) is 23.7 Å². The second kappa shape index (κ2) is 34.3. The van der Waals surface area contributed by atoms with Crippen LogP contribution < -0.4 is 18.9 Å². The topological polar surface area (TPSA) is 258 Å². The Bertz CT molecular complexity index is 5150. The Morgan fingerprint density at radius 3 is 0.792 bits per heavy atom. The van der Waals surface area contributed by atoms with Crippen LogP contribution in [0.1, 0.15) is 133 Å². The highest BCUT2D eigenvalue weighted by molar-refractivity contribution is 6.45. The lowest BCUT2D eigenvalue weighted by Gasteiger charge is -2.39. The molecule has 0 radical (unpaired) electrons. The maximum atomic E-state index is 16.5. The molecule has 2 aliphatic heterocycles. The molecule has 0 aliphatic carbocycles. The van der Waals surface area contributed by atoms with Crippen LogP contribution in [0.2, 0.25) is 0 Å². The first kappa shape index (κ1) is 88.0. The van der Waals surface area contributed by atoms with Crippen molar-refractivity contribution in [3.8, 4) is 46.0 Å². The van der Waals surface area contributed by atoms with Crippen LogP contribution in [0.4, 0.5) is 52.7 Å². The van der Waals surface area contributed by atoms with Crippen LogP contribution in [0.15, 0.2) is 146 Å². The van der Waals surface area contributed by atoms with Gasteiger partial charge in [0.05, 0.1) is 82.5 Å². The van der Waals surface area contributed by atoms with Crippen LogP contribution in [-0.2, 0) is 72.4 Å². The van der Waals surface area contributed by atoms with E-state index in [4.69, 9.17) is 37.9 Å². The summed E-state index contributed by atoms with van der Waals surface area (Å²) in [5.41, 5.74) is -8.53. The molecule has 632 valence electrons. The minimum Gasteiger partial charge on any atom is -0.464 e. The molecule has 6 amide bonds. The SMILES string of the molecule is C=C(C)C(=O)OCCN(CCOC(=O)C(=C)C)C(=O)C(C(C)C)N1C(=O)c2cc(Oc3cccc(C(F)(F)F)c3)c3c4c(Oc5cccc(C(F)(F)F)c5)cc5c6c(cc(Oc7cccc(C(F)(F)F)c7)c(c7c(Oc8cccc(C(F)(F)F)c8)cc(c2c37)C1=O)c64)C(=O)N(C(C(=O)N(CCOC(=O)C(C)C)CCOC(=O)C(C)C)C(C)C)C5=O. The standard InChI is InChI=1S/C86H76F12N4O18/c1-41(2)71(77(107)99(25-29-113-79(109)43(5)6)26-30-114-80(110)44(7)8)101-73(103)55-37-59(117-51-21-13-17-47(33-51)83(87,88)89)65-67-61(119-53-23-15-19-49(35-53)85(93,94)95)39-57-64-58(76(106)102(75(57)105)72(42(3)4)78(108)100(27-31-115-81(111)45(9)10)28-32-116-82(112)46(11)12)40-62(120-54-24-16-20-50(36-54)86(96,97)98)68(70(64)67)66-60(38-56(74(101)104)63(55)69(65)66)118-52-22-14-18-48(34-52)84(90,91)92/h13-24,33-42,45-46,71-72H,5,7,25-32H2,1-4,6,8-12H3. The van der Waals surface area contributed by atoms with E-state index < -0.39 is 306 Å². The first-order valence-electron chi connectivity index (χ1n) is 37.3. The molecule has 2 heterocycles. The summed E-state index contributed by atoms with van der Waals surface area (Å²) in [6.45, 7) is 17.1. The molecule has 22 nitrogen and oxygen atoms in total. The summed E-state index contributed by atoms with van der Waals surface area (Å²) in [6, 6.07) is 11.4. The molecule has 0 fully saturated rings. The predicted octanol–water partition coefficient (Wildman–Crippen LogP) is 18.5. The Balaban J connectivity index is 1.32. The number of imide groups is 2. The fraction of sp³-hybridized carbons (Fsp3) is 0.326. The van der Waals surface area contributed by atoms with Crippen molar-refractivity contribution < 1.29 is 139 Å². The van der Waals surface area contributed by atoms with E-state index >= 15 is 81.5 Å². The monoisotopic (exact) mass is 1680 g/mol. The van der Waals surface area contributed by atoms with Crippen molar-refractivity contribution >= 4 is 102 Å². The molecule has 0 aromatic heterocycles. The lowest BCUT2D eigenvalue weighted by molar-refractivity contribution is -0.152. The first-order chi connectivity index (χ1) is 56.2. The van der Waals surface area contributed by atoms with Gasteiger partial charge in [-0.1, -0.05) is 92.8 Å². The highest BCUT2D eigenvalue weighted by Gasteiger charge is 2.49. The summed E-state index contributed by atoms with van der Waals surface area (Å²) in [6.07, 6.45) is -20.6. The van der Waals surface area contributed by atoms with Crippen LogP contribution in [0.25, 0.3) is 43.1 Å². The third-order valence-corrected chi connectivity index (χ3v) is 19.5. The number of ether oxygens (including phenoxy) is 8. The number of nitrogens with zero attached hydrogens (tertiary/aromatic N) is 4. The van der Waals surface area contributed by atoms with Crippen molar-refractivity contribution in [2.24, 2.45) is 23.7 Å². The zero-order chi connectivity index (χ0) is 88.0. The normalized spacial score (nSPS) is 13.7. The number of hydrogen-bond acceptors (Lipinski definition) is 18. The van der Waals surface area contributed by atoms with Gasteiger partial charge in [-0.3, -0.25) is 48.2 Å². The Labute approximate surface area is 676 Å². The molecule has 9 aromatic rings. The zero-order valence-corrected chi connectivity index (χ0v) is 65.8. The summed E-state index contributed by atoms with van der Waals surface area (Å²) in [4.78, 5) is 151. The van der Waals surface area contributed by atoms with Crippen LogP contribution >= 0.6 is 0 Å². The summed E-state index contributed by atoms with van der Waals surface area (Å²) in [5, 5.41) is -4.87. The van der Waals surface area contributed by atoms with Gasteiger partial charge in [0, 0.05) is 54.2 Å². The van der Waals surface area contributed by atoms with Gasteiger partial charge in [0.15, 0.2) is 0 Å². The molecule has 0 saturated carbocycles. The van der Waals surface area contributed by atoms with Crippen molar-refractivity contribution in [3.05, 3.63) is 190 Å². The number of fused-ring (bicyclic) bond motifs is 2. The third kappa shape index (κ3) is 18.1. The molecule has 2 aliphatic rings. The zero-order valence-electron chi connectivity index (χ0n) is 65.8. The number of carbonyl (C=O) groups is 10. The van der Waals surface area contributed by atoms with Crippen molar-refractivity contribution in [2.75, 3.05) is 52.6 Å². The molecule has 0 bridgehead atoms. The van der Waals surface area contributed by atoms with Gasteiger partial charge < -0.3 is 47.7 Å². The quantitative estimate of drug-likeness (QED) is 0.00771. The fourth-order valence-corrected chi connectivity index (χ4v) is 13.8. The lowest BCUT2D eigenvalue weighted by Crippen LogP contribution is -2.57. The van der Waals surface area contributed by atoms with E-state index in [1.165, 1.54) is 69.2 Å². The average molecular weight is 1680 g/mol. The molecule has 0 N–H and O–H groups in total. The Hall–Kier alpha value is -12.8. The summed E-state index contributed by atoms with van der Waals surface area (Å²) in [7, 11) is 0. The summed E-state index contributed by atoms with van der Waals surface area (Å²) >= 11 is 0. The Morgan fingerprint density at radius 2 is 0.583 bits per heavy atom. The molecule has 11 rings (SSSR count). The van der Waals surface area contributed by atoms with E-state index in [-0.39, 0.29) is 11.1 Å². The molecule has 0 spiro atoms.